The van der Waals surface area contributed by atoms with Crippen LogP contribution >= 0.6 is 0 Å². The minimum atomic E-state index is 0.289. The van der Waals surface area contributed by atoms with Crippen LogP contribution in [0.1, 0.15) is 31.4 Å². The fourth-order valence-electron chi connectivity index (χ4n) is 3.30. The standard InChI is InChI=1S/C18H30N2O/c1-15(2)12-20-9-8-19(14-18(20)7-10-21)13-17-6-4-5-16(3)11-17/h4-6,11,15,18,21H,7-10,12-14H2,1-3H3/t18-/m0/s1. The number of aliphatic hydroxyl groups excluding tert-OH is 1. The maximum atomic E-state index is 9.34. The fourth-order valence-corrected chi connectivity index (χ4v) is 3.30. The van der Waals surface area contributed by atoms with Crippen LogP contribution < -0.4 is 0 Å². The molecule has 0 spiro atoms. The first-order chi connectivity index (χ1) is 10.1. The maximum absolute atomic E-state index is 9.34. The summed E-state index contributed by atoms with van der Waals surface area (Å²) in [5, 5.41) is 9.34. The van der Waals surface area contributed by atoms with E-state index in [1.165, 1.54) is 11.1 Å². The van der Waals surface area contributed by atoms with Gasteiger partial charge in [-0.15, -0.1) is 0 Å². The third-order valence-electron chi connectivity index (χ3n) is 4.24. The predicted molar refractivity (Wildman–Crippen MR) is 88.4 cm³/mol. The molecule has 0 bridgehead atoms. The molecule has 0 amide bonds. The van der Waals surface area contributed by atoms with Crippen molar-refractivity contribution in [1.82, 2.24) is 9.80 Å². The molecular formula is C18H30N2O. The number of hydrogen-bond donors (Lipinski definition) is 1. The highest BCUT2D eigenvalue weighted by molar-refractivity contribution is 5.22. The molecule has 0 unspecified atom stereocenters. The molecule has 1 aliphatic rings. The minimum Gasteiger partial charge on any atom is -0.396 e. The summed E-state index contributed by atoms with van der Waals surface area (Å²) in [6.07, 6.45) is 0.886. The average molecular weight is 290 g/mol. The van der Waals surface area contributed by atoms with Crippen LogP contribution in [0.25, 0.3) is 0 Å². The molecule has 1 atom stereocenters. The second-order valence-corrected chi connectivity index (χ2v) is 6.78. The van der Waals surface area contributed by atoms with Crippen LogP contribution in [-0.2, 0) is 6.54 Å². The van der Waals surface area contributed by atoms with E-state index in [1.54, 1.807) is 0 Å². The Labute approximate surface area is 129 Å². The van der Waals surface area contributed by atoms with Gasteiger partial charge in [-0.05, 0) is 24.8 Å². The average Bonchev–Trinajstić information content (AvgIpc) is 2.41. The first-order valence-electron chi connectivity index (χ1n) is 8.21. The summed E-state index contributed by atoms with van der Waals surface area (Å²) in [5.74, 6) is 0.689. The first kappa shape index (κ1) is 16.5. The summed E-state index contributed by atoms with van der Waals surface area (Å²) in [7, 11) is 0. The molecule has 2 rings (SSSR count). The van der Waals surface area contributed by atoms with Crippen molar-refractivity contribution in [3.05, 3.63) is 35.4 Å². The summed E-state index contributed by atoms with van der Waals surface area (Å²) in [6, 6.07) is 9.29. The molecular weight excluding hydrogens is 260 g/mol. The van der Waals surface area contributed by atoms with E-state index in [-0.39, 0.29) is 6.61 Å². The van der Waals surface area contributed by atoms with Gasteiger partial charge in [-0.1, -0.05) is 43.7 Å². The van der Waals surface area contributed by atoms with Gasteiger partial charge in [-0.3, -0.25) is 9.80 Å². The zero-order valence-electron chi connectivity index (χ0n) is 13.8. The summed E-state index contributed by atoms with van der Waals surface area (Å²) >= 11 is 0. The Morgan fingerprint density at radius 2 is 2.10 bits per heavy atom. The molecule has 1 aromatic rings. The van der Waals surface area contributed by atoms with E-state index in [1.807, 2.05) is 0 Å². The smallest absolute Gasteiger partial charge is 0.0446 e. The van der Waals surface area contributed by atoms with Gasteiger partial charge in [0.05, 0.1) is 0 Å². The lowest BCUT2D eigenvalue weighted by Gasteiger charge is -2.42. The summed E-state index contributed by atoms with van der Waals surface area (Å²) in [6.45, 7) is 12.5. The topological polar surface area (TPSA) is 26.7 Å². The van der Waals surface area contributed by atoms with Crippen LogP contribution in [0.3, 0.4) is 0 Å². The summed E-state index contributed by atoms with van der Waals surface area (Å²) < 4.78 is 0. The first-order valence-corrected chi connectivity index (χ1v) is 8.21. The molecule has 0 radical (unpaired) electrons. The van der Waals surface area contributed by atoms with Crippen LogP contribution in [0.5, 0.6) is 0 Å². The van der Waals surface area contributed by atoms with Crippen molar-refractivity contribution in [1.29, 1.82) is 0 Å². The molecule has 3 nitrogen and oxygen atoms in total. The Morgan fingerprint density at radius 3 is 2.76 bits per heavy atom. The normalized spacial score (nSPS) is 21.1. The monoisotopic (exact) mass is 290 g/mol. The molecule has 1 heterocycles. The van der Waals surface area contributed by atoms with E-state index < -0.39 is 0 Å². The summed E-state index contributed by atoms with van der Waals surface area (Å²) in [5.41, 5.74) is 2.73. The van der Waals surface area contributed by atoms with Crippen molar-refractivity contribution in [2.24, 2.45) is 5.92 Å². The van der Waals surface area contributed by atoms with Gasteiger partial charge in [0.15, 0.2) is 0 Å². The molecule has 0 aliphatic carbocycles. The number of rotatable bonds is 6. The number of hydrogen-bond acceptors (Lipinski definition) is 3. The SMILES string of the molecule is Cc1cccc(CN2CCN(CC(C)C)[C@@H](CCO)C2)c1. The number of nitrogens with zero attached hydrogens (tertiary/aromatic N) is 2. The molecule has 1 aromatic carbocycles. The second kappa shape index (κ2) is 7.92. The lowest BCUT2D eigenvalue weighted by molar-refractivity contribution is 0.0477. The second-order valence-electron chi connectivity index (χ2n) is 6.78. The van der Waals surface area contributed by atoms with Crippen molar-refractivity contribution < 1.29 is 5.11 Å². The fraction of sp³-hybridized carbons (Fsp3) is 0.667. The van der Waals surface area contributed by atoms with Gasteiger partial charge in [0, 0.05) is 45.4 Å². The zero-order valence-corrected chi connectivity index (χ0v) is 13.8. The lowest BCUT2D eigenvalue weighted by Crippen LogP contribution is -2.53. The van der Waals surface area contributed by atoms with Gasteiger partial charge in [0.25, 0.3) is 0 Å². The molecule has 21 heavy (non-hydrogen) atoms. The molecule has 0 aromatic heterocycles. The van der Waals surface area contributed by atoms with E-state index in [4.69, 9.17) is 0 Å². The minimum absolute atomic E-state index is 0.289. The number of aryl methyl sites for hydroxylation is 1. The maximum Gasteiger partial charge on any atom is 0.0446 e. The lowest BCUT2D eigenvalue weighted by atomic mass is 10.0. The molecule has 1 fully saturated rings. The number of piperazine rings is 1. The molecule has 118 valence electrons. The van der Waals surface area contributed by atoms with Crippen molar-refractivity contribution in [3.63, 3.8) is 0 Å². The molecule has 1 N–H and O–H groups in total. The Morgan fingerprint density at radius 1 is 1.29 bits per heavy atom. The van der Waals surface area contributed by atoms with E-state index >= 15 is 0 Å². The molecule has 3 heteroatoms. The van der Waals surface area contributed by atoms with Gasteiger partial charge in [0.2, 0.25) is 0 Å². The highest BCUT2D eigenvalue weighted by atomic mass is 16.3. The van der Waals surface area contributed by atoms with Crippen molar-refractivity contribution >= 4 is 0 Å². The number of benzene rings is 1. The van der Waals surface area contributed by atoms with Crippen molar-refractivity contribution in [2.75, 3.05) is 32.8 Å². The zero-order chi connectivity index (χ0) is 15.2. The van der Waals surface area contributed by atoms with E-state index in [2.05, 4.69) is 54.8 Å². The van der Waals surface area contributed by atoms with Crippen molar-refractivity contribution in [2.45, 2.75) is 39.8 Å². The Hall–Kier alpha value is -0.900. The molecule has 1 aliphatic heterocycles. The van der Waals surface area contributed by atoms with Gasteiger partial charge >= 0.3 is 0 Å². The predicted octanol–water partition coefficient (Wildman–Crippen LogP) is 2.52. The highest BCUT2D eigenvalue weighted by Crippen LogP contribution is 2.17. The van der Waals surface area contributed by atoms with Crippen LogP contribution in [0.2, 0.25) is 0 Å². The van der Waals surface area contributed by atoms with E-state index in [0.717, 1.165) is 39.1 Å². The van der Waals surface area contributed by atoms with Crippen LogP contribution in [-0.4, -0.2) is 53.7 Å². The van der Waals surface area contributed by atoms with Crippen LogP contribution in [0.4, 0.5) is 0 Å². The molecule has 0 saturated carbocycles. The molecule has 1 saturated heterocycles. The Bertz CT molecular complexity index is 433. The van der Waals surface area contributed by atoms with Gasteiger partial charge in [-0.25, -0.2) is 0 Å². The third kappa shape index (κ3) is 5.10. The third-order valence-corrected chi connectivity index (χ3v) is 4.24. The van der Waals surface area contributed by atoms with Crippen LogP contribution in [0, 0.1) is 12.8 Å². The van der Waals surface area contributed by atoms with E-state index in [0.29, 0.717) is 12.0 Å². The largest absolute Gasteiger partial charge is 0.396 e. The van der Waals surface area contributed by atoms with Crippen LogP contribution in [0.15, 0.2) is 24.3 Å². The Kier molecular flexibility index (Phi) is 6.22. The Balaban J connectivity index is 1.94. The van der Waals surface area contributed by atoms with Gasteiger partial charge in [0.1, 0.15) is 0 Å². The number of aliphatic hydroxyl groups is 1. The van der Waals surface area contributed by atoms with Gasteiger partial charge < -0.3 is 5.11 Å². The van der Waals surface area contributed by atoms with E-state index in [9.17, 15) is 5.11 Å². The quantitative estimate of drug-likeness (QED) is 0.872. The van der Waals surface area contributed by atoms with Gasteiger partial charge in [-0.2, -0.15) is 0 Å². The van der Waals surface area contributed by atoms with Crippen molar-refractivity contribution in [3.8, 4) is 0 Å². The highest BCUT2D eigenvalue weighted by Gasteiger charge is 2.26. The summed E-state index contributed by atoms with van der Waals surface area (Å²) in [4.78, 5) is 5.10.